The molecule has 0 bridgehead atoms. The van der Waals surface area contributed by atoms with Crippen molar-refractivity contribution in [3.05, 3.63) is 132 Å². The molecule has 2 amide bonds. The van der Waals surface area contributed by atoms with Gasteiger partial charge in [0.15, 0.2) is 0 Å². The second-order valence-electron chi connectivity index (χ2n) is 8.58. The zero-order chi connectivity index (χ0) is 23.5. The molecule has 0 fully saturated rings. The summed E-state index contributed by atoms with van der Waals surface area (Å²) in [6.45, 7) is 2.06. The minimum absolute atomic E-state index is 0.0281. The Hall–Kier alpha value is -4.18. The largest absolute Gasteiger partial charge is 0.305 e. The van der Waals surface area contributed by atoms with Gasteiger partial charge in [-0.2, -0.15) is 0 Å². The van der Waals surface area contributed by atoms with Crippen molar-refractivity contribution in [2.75, 3.05) is 9.80 Å². The van der Waals surface area contributed by atoms with Crippen LogP contribution >= 0.6 is 0 Å². The number of anilines is 2. The van der Waals surface area contributed by atoms with Gasteiger partial charge in [0.2, 0.25) is 0 Å². The average molecular weight is 447 g/mol. The van der Waals surface area contributed by atoms with E-state index in [1.54, 1.807) is 0 Å². The van der Waals surface area contributed by atoms with Gasteiger partial charge in [0.05, 0.1) is 6.04 Å². The van der Waals surface area contributed by atoms with E-state index >= 15 is 0 Å². The van der Waals surface area contributed by atoms with Crippen molar-refractivity contribution in [1.82, 2.24) is 0 Å². The number of carbonyl (C=O) groups is 2. The van der Waals surface area contributed by atoms with Crippen LogP contribution < -0.4 is 9.80 Å². The van der Waals surface area contributed by atoms with Gasteiger partial charge in [0.1, 0.15) is 0 Å². The highest BCUT2D eigenvalue weighted by Crippen LogP contribution is 2.43. The van der Waals surface area contributed by atoms with Crippen LogP contribution in [-0.2, 0) is 0 Å². The van der Waals surface area contributed by atoms with Crippen molar-refractivity contribution in [3.8, 4) is 0 Å². The molecule has 0 saturated carbocycles. The third-order valence-electron chi connectivity index (χ3n) is 6.39. The van der Waals surface area contributed by atoms with E-state index in [-0.39, 0.29) is 23.9 Å². The number of hydrogen-bond acceptors (Lipinski definition) is 2. The fourth-order valence-electron chi connectivity index (χ4n) is 4.80. The maximum atomic E-state index is 13.8. The minimum atomic E-state index is -0.207. The number of fused-ring (bicyclic) bond motifs is 1. The Labute approximate surface area is 200 Å². The molecule has 168 valence electrons. The molecule has 0 aliphatic carbocycles. The first-order valence-corrected chi connectivity index (χ1v) is 11.6. The molecule has 5 rings (SSSR count). The lowest BCUT2D eigenvalue weighted by Gasteiger charge is -2.43. The third kappa shape index (κ3) is 3.99. The van der Waals surface area contributed by atoms with Crippen LogP contribution in [0.2, 0.25) is 0 Å². The zero-order valence-corrected chi connectivity index (χ0v) is 19.0. The van der Waals surface area contributed by atoms with Crippen molar-refractivity contribution >= 4 is 23.2 Å². The molecule has 0 unspecified atom stereocenters. The maximum Gasteiger partial charge on any atom is 0.258 e. The van der Waals surface area contributed by atoms with Gasteiger partial charge in [-0.05, 0) is 61.4 Å². The Morgan fingerprint density at radius 2 is 1.24 bits per heavy atom. The maximum absolute atomic E-state index is 13.8. The molecule has 34 heavy (non-hydrogen) atoms. The normalized spacial score (nSPS) is 17.0. The summed E-state index contributed by atoms with van der Waals surface area (Å²) in [4.78, 5) is 31.1. The van der Waals surface area contributed by atoms with Crippen molar-refractivity contribution in [1.29, 1.82) is 0 Å². The molecular weight excluding hydrogens is 420 g/mol. The first kappa shape index (κ1) is 21.7. The zero-order valence-electron chi connectivity index (χ0n) is 19.0. The van der Waals surface area contributed by atoms with Crippen LogP contribution in [0.5, 0.6) is 0 Å². The average Bonchev–Trinajstić information content (AvgIpc) is 2.90. The van der Waals surface area contributed by atoms with Gasteiger partial charge in [0.25, 0.3) is 11.8 Å². The van der Waals surface area contributed by atoms with E-state index in [0.29, 0.717) is 17.5 Å². The summed E-state index contributed by atoms with van der Waals surface area (Å²) in [5.74, 6) is -0.0821. The van der Waals surface area contributed by atoms with Gasteiger partial charge in [-0.1, -0.05) is 72.8 Å². The first-order chi connectivity index (χ1) is 16.6. The monoisotopic (exact) mass is 446 g/mol. The van der Waals surface area contributed by atoms with E-state index in [1.165, 1.54) is 0 Å². The molecule has 1 aliphatic rings. The molecule has 4 heteroatoms. The molecule has 0 spiro atoms. The van der Waals surface area contributed by atoms with Crippen LogP contribution in [0.4, 0.5) is 11.4 Å². The van der Waals surface area contributed by atoms with Crippen LogP contribution in [0, 0.1) is 0 Å². The van der Waals surface area contributed by atoms with Crippen molar-refractivity contribution in [2.45, 2.75) is 25.4 Å². The Morgan fingerprint density at radius 1 is 0.706 bits per heavy atom. The summed E-state index contributed by atoms with van der Waals surface area (Å²) >= 11 is 0. The first-order valence-electron chi connectivity index (χ1n) is 11.6. The second-order valence-corrected chi connectivity index (χ2v) is 8.58. The van der Waals surface area contributed by atoms with Crippen LogP contribution in [0.25, 0.3) is 0 Å². The fraction of sp³-hybridized carbons (Fsp3) is 0.133. The molecule has 1 aliphatic heterocycles. The molecule has 4 aromatic carbocycles. The lowest BCUT2D eigenvalue weighted by atomic mass is 9.89. The van der Waals surface area contributed by atoms with Crippen LogP contribution in [-0.4, -0.2) is 17.9 Å². The summed E-state index contributed by atoms with van der Waals surface area (Å²) in [7, 11) is 0. The molecule has 0 radical (unpaired) electrons. The standard InChI is InChI=1S/C30H26N2O2/c1-22-21-28(32(25-17-9-4-10-18-25)30(34)24-15-7-3-8-16-24)26-19-11-12-20-27(26)31(22)29(33)23-13-5-2-6-14-23/h2-20,22,28H,21H2,1H3/t22-,28-/m0/s1. The van der Waals surface area contributed by atoms with E-state index in [4.69, 9.17) is 0 Å². The van der Waals surface area contributed by atoms with E-state index in [2.05, 4.69) is 6.92 Å². The summed E-state index contributed by atoms with van der Waals surface area (Å²) in [5.41, 5.74) is 3.95. The lowest BCUT2D eigenvalue weighted by Crippen LogP contribution is -2.47. The highest BCUT2D eigenvalue weighted by atomic mass is 16.2. The smallest absolute Gasteiger partial charge is 0.258 e. The molecule has 2 atom stereocenters. The van der Waals surface area contributed by atoms with Crippen molar-refractivity contribution in [2.24, 2.45) is 0 Å². The number of para-hydroxylation sites is 2. The molecule has 0 saturated heterocycles. The third-order valence-corrected chi connectivity index (χ3v) is 6.39. The van der Waals surface area contributed by atoms with Crippen LogP contribution in [0.1, 0.15) is 45.7 Å². The highest BCUT2D eigenvalue weighted by molar-refractivity contribution is 6.09. The van der Waals surface area contributed by atoms with Crippen molar-refractivity contribution in [3.63, 3.8) is 0 Å². The van der Waals surface area contributed by atoms with Crippen LogP contribution in [0.15, 0.2) is 115 Å². The molecule has 4 nitrogen and oxygen atoms in total. The number of carbonyl (C=O) groups excluding carboxylic acids is 2. The number of nitrogens with zero attached hydrogens (tertiary/aromatic N) is 2. The quantitative estimate of drug-likeness (QED) is 0.358. The number of hydrogen-bond donors (Lipinski definition) is 0. The fourth-order valence-corrected chi connectivity index (χ4v) is 4.80. The highest BCUT2D eigenvalue weighted by Gasteiger charge is 2.39. The Morgan fingerprint density at radius 3 is 1.88 bits per heavy atom. The summed E-state index contributed by atoms with van der Waals surface area (Å²) < 4.78 is 0. The van der Waals surface area contributed by atoms with E-state index < -0.39 is 0 Å². The summed E-state index contributed by atoms with van der Waals surface area (Å²) in [6.07, 6.45) is 0.628. The molecule has 0 aromatic heterocycles. The van der Waals surface area contributed by atoms with Gasteiger partial charge in [-0.15, -0.1) is 0 Å². The van der Waals surface area contributed by atoms with E-state index in [9.17, 15) is 9.59 Å². The molecule has 4 aromatic rings. The molecular formula is C30H26N2O2. The van der Waals surface area contributed by atoms with Gasteiger partial charge in [0, 0.05) is 28.5 Å². The van der Waals surface area contributed by atoms with Gasteiger partial charge in [-0.3, -0.25) is 9.59 Å². The predicted molar refractivity (Wildman–Crippen MR) is 136 cm³/mol. The lowest BCUT2D eigenvalue weighted by molar-refractivity contribution is 0.0965. The number of amides is 2. The van der Waals surface area contributed by atoms with E-state index in [0.717, 1.165) is 16.9 Å². The topological polar surface area (TPSA) is 40.6 Å². The SMILES string of the molecule is C[C@H]1C[C@H](N(C(=O)c2ccccc2)c2ccccc2)c2ccccc2N1C(=O)c1ccccc1. The predicted octanol–water partition coefficient (Wildman–Crippen LogP) is 6.51. The van der Waals surface area contributed by atoms with Crippen molar-refractivity contribution < 1.29 is 9.59 Å². The Bertz CT molecular complexity index is 1290. The Kier molecular flexibility index (Phi) is 5.96. The summed E-state index contributed by atoms with van der Waals surface area (Å²) in [6, 6.07) is 36.2. The minimum Gasteiger partial charge on any atom is -0.305 e. The van der Waals surface area contributed by atoms with Crippen LogP contribution in [0.3, 0.4) is 0 Å². The van der Waals surface area contributed by atoms with E-state index in [1.807, 2.05) is 125 Å². The van der Waals surface area contributed by atoms with Gasteiger partial charge < -0.3 is 9.80 Å². The Balaban J connectivity index is 1.61. The number of rotatable bonds is 4. The molecule has 1 heterocycles. The number of benzene rings is 4. The van der Waals surface area contributed by atoms with Gasteiger partial charge in [-0.25, -0.2) is 0 Å². The molecule has 0 N–H and O–H groups in total. The summed E-state index contributed by atoms with van der Waals surface area (Å²) in [5, 5.41) is 0. The van der Waals surface area contributed by atoms with Gasteiger partial charge >= 0.3 is 0 Å². The second kappa shape index (κ2) is 9.36.